The molecule has 0 aliphatic heterocycles. The number of nitrogens with two attached hydrogens (primary N) is 5. The highest BCUT2D eigenvalue weighted by Crippen LogP contribution is 2.22. The van der Waals surface area contributed by atoms with E-state index in [4.69, 9.17) is 28.7 Å². The number of aliphatic imine (C=N–C) groups is 1. The second-order valence-electron chi connectivity index (χ2n) is 10.7. The summed E-state index contributed by atoms with van der Waals surface area (Å²) in [6, 6.07) is 7.90. The molecule has 0 spiro atoms. The number of phenols is 1. The fourth-order valence-electron chi connectivity index (χ4n) is 4.71. The Balaban J connectivity index is 2.27. The number of benzene rings is 2. The van der Waals surface area contributed by atoms with Gasteiger partial charge in [-0.3, -0.25) is 24.2 Å². The Hall–Kier alpha value is -4.69. The summed E-state index contributed by atoms with van der Waals surface area (Å²) < 4.78 is 0. The molecule has 0 aliphatic carbocycles. The second kappa shape index (κ2) is 17.4. The Labute approximate surface area is 257 Å². The maximum absolute atomic E-state index is 13.6. The van der Waals surface area contributed by atoms with Gasteiger partial charge in [-0.25, -0.2) is 0 Å². The molecule has 14 N–H and O–H groups in total. The molecule has 0 radical (unpaired) electrons. The molecule has 0 saturated heterocycles. The molecule has 0 aliphatic rings. The summed E-state index contributed by atoms with van der Waals surface area (Å²) in [5.74, 6) is -2.62. The molecule has 2 aromatic rings. The summed E-state index contributed by atoms with van der Waals surface area (Å²) in [5.41, 5.74) is 31.2. The standard InChI is InChI=1S/C30H45N9O5/c1-17-13-20(40)14-18(2)21(17)16-22(32)27(42)38-24(9-6-12-36-30(34)35)28(43)39-25(15-19-7-4-3-5-8-19)29(44)37-23(10-11-31)26(33)41/h3-5,7-8,13-14,22-25,40H,6,9-12,15-16,31-32H2,1-2H3,(H2,33,41)(H,37,44)(H,38,42)(H,39,43)(H4,34,35,36)/t22-,23-,24+,25-/m0/s1. The van der Waals surface area contributed by atoms with Crippen LogP contribution in [0.5, 0.6) is 5.75 Å². The van der Waals surface area contributed by atoms with Crippen LogP contribution in [0, 0.1) is 13.8 Å². The zero-order valence-corrected chi connectivity index (χ0v) is 25.2. The van der Waals surface area contributed by atoms with Gasteiger partial charge < -0.3 is 49.7 Å². The SMILES string of the molecule is Cc1cc(O)cc(C)c1C[C@H](N)C(=O)N[C@H](CCCN=C(N)N)C(=O)N[C@@H](Cc1ccccc1)C(=O)N[C@@H](CCN)C(N)=O. The molecule has 44 heavy (non-hydrogen) atoms. The molecule has 0 fully saturated rings. The Morgan fingerprint density at radius 2 is 1.39 bits per heavy atom. The number of nitrogens with zero attached hydrogens (tertiary/aromatic N) is 1. The first-order chi connectivity index (χ1) is 20.8. The summed E-state index contributed by atoms with van der Waals surface area (Å²) in [6.45, 7) is 3.92. The van der Waals surface area contributed by atoms with Crippen LogP contribution >= 0.6 is 0 Å². The lowest BCUT2D eigenvalue weighted by Gasteiger charge is -2.26. The van der Waals surface area contributed by atoms with Gasteiger partial charge in [-0.2, -0.15) is 0 Å². The van der Waals surface area contributed by atoms with E-state index in [0.717, 1.165) is 22.3 Å². The Bertz CT molecular complexity index is 1290. The number of aromatic hydroxyl groups is 1. The van der Waals surface area contributed by atoms with Crippen LogP contribution in [0.3, 0.4) is 0 Å². The van der Waals surface area contributed by atoms with Crippen molar-refractivity contribution >= 4 is 29.6 Å². The zero-order chi connectivity index (χ0) is 32.8. The smallest absolute Gasteiger partial charge is 0.243 e. The van der Waals surface area contributed by atoms with E-state index in [2.05, 4.69) is 20.9 Å². The predicted molar refractivity (Wildman–Crippen MR) is 168 cm³/mol. The summed E-state index contributed by atoms with van der Waals surface area (Å²) in [6.07, 6.45) is 0.849. The summed E-state index contributed by atoms with van der Waals surface area (Å²) in [4.78, 5) is 55.9. The number of carbonyl (C=O) groups is 4. The van der Waals surface area contributed by atoms with Crippen molar-refractivity contribution < 1.29 is 24.3 Å². The molecule has 0 saturated carbocycles. The van der Waals surface area contributed by atoms with Gasteiger partial charge in [0.1, 0.15) is 23.9 Å². The highest BCUT2D eigenvalue weighted by Gasteiger charge is 2.30. The zero-order valence-electron chi connectivity index (χ0n) is 25.2. The Kier molecular flexibility index (Phi) is 14.1. The number of hydrogen-bond acceptors (Lipinski definition) is 8. The molecule has 2 aromatic carbocycles. The van der Waals surface area contributed by atoms with Crippen LogP contribution in [0.2, 0.25) is 0 Å². The second-order valence-corrected chi connectivity index (χ2v) is 10.7. The topological polar surface area (TPSA) is 267 Å². The largest absolute Gasteiger partial charge is 0.508 e. The van der Waals surface area contributed by atoms with Crippen molar-refractivity contribution in [3.63, 3.8) is 0 Å². The molecule has 240 valence electrons. The van der Waals surface area contributed by atoms with Gasteiger partial charge in [0.2, 0.25) is 23.6 Å². The summed E-state index contributed by atoms with van der Waals surface area (Å²) in [5, 5.41) is 17.8. The number of rotatable bonds is 17. The van der Waals surface area contributed by atoms with E-state index >= 15 is 0 Å². The summed E-state index contributed by atoms with van der Waals surface area (Å²) >= 11 is 0. The first kappa shape index (κ1) is 35.5. The first-order valence-corrected chi connectivity index (χ1v) is 14.4. The van der Waals surface area contributed by atoms with Gasteiger partial charge in [0.05, 0.1) is 6.04 Å². The van der Waals surface area contributed by atoms with Crippen molar-refractivity contribution in [2.75, 3.05) is 13.1 Å². The molecule has 0 aromatic heterocycles. The van der Waals surface area contributed by atoms with E-state index in [0.29, 0.717) is 6.42 Å². The third kappa shape index (κ3) is 11.5. The minimum absolute atomic E-state index is 0.0973. The lowest BCUT2D eigenvalue weighted by molar-refractivity contribution is -0.133. The van der Waals surface area contributed by atoms with Crippen LogP contribution in [0.25, 0.3) is 0 Å². The molecule has 4 atom stereocenters. The van der Waals surface area contributed by atoms with E-state index < -0.39 is 47.8 Å². The molecule has 0 unspecified atom stereocenters. The van der Waals surface area contributed by atoms with Crippen molar-refractivity contribution in [2.24, 2.45) is 33.7 Å². The van der Waals surface area contributed by atoms with Crippen LogP contribution in [-0.4, -0.2) is 72.0 Å². The fraction of sp³-hybridized carbons (Fsp3) is 0.433. The van der Waals surface area contributed by atoms with Crippen molar-refractivity contribution in [2.45, 2.75) is 70.1 Å². The third-order valence-electron chi connectivity index (χ3n) is 7.05. The lowest BCUT2D eigenvalue weighted by atomic mass is 9.95. The maximum atomic E-state index is 13.6. The predicted octanol–water partition coefficient (Wildman–Crippen LogP) is -1.54. The number of carbonyl (C=O) groups excluding carboxylic acids is 4. The highest BCUT2D eigenvalue weighted by atomic mass is 16.3. The Morgan fingerprint density at radius 1 is 0.818 bits per heavy atom. The maximum Gasteiger partial charge on any atom is 0.243 e. The van der Waals surface area contributed by atoms with Crippen molar-refractivity contribution in [1.29, 1.82) is 0 Å². The molecule has 4 amide bonds. The van der Waals surface area contributed by atoms with Crippen LogP contribution < -0.4 is 44.6 Å². The molecule has 14 heteroatoms. The van der Waals surface area contributed by atoms with E-state index in [-0.39, 0.29) is 50.5 Å². The lowest BCUT2D eigenvalue weighted by Crippen LogP contribution is -2.58. The van der Waals surface area contributed by atoms with Crippen molar-refractivity contribution in [3.8, 4) is 5.75 Å². The van der Waals surface area contributed by atoms with Gasteiger partial charge in [-0.05, 0) is 80.5 Å². The molecular formula is C30H45N9O5. The minimum Gasteiger partial charge on any atom is -0.508 e. The van der Waals surface area contributed by atoms with Crippen LogP contribution in [-0.2, 0) is 32.0 Å². The van der Waals surface area contributed by atoms with Gasteiger partial charge in [-0.15, -0.1) is 0 Å². The number of hydrogen-bond donors (Lipinski definition) is 9. The van der Waals surface area contributed by atoms with Crippen LogP contribution in [0.15, 0.2) is 47.5 Å². The number of amides is 4. The van der Waals surface area contributed by atoms with Crippen LogP contribution in [0.1, 0.15) is 41.5 Å². The average molecular weight is 612 g/mol. The van der Waals surface area contributed by atoms with Crippen molar-refractivity contribution in [3.05, 3.63) is 64.7 Å². The molecule has 2 rings (SSSR count). The number of guanidine groups is 1. The quantitative estimate of drug-likeness (QED) is 0.0569. The molecule has 0 heterocycles. The normalized spacial score (nSPS) is 13.5. The van der Waals surface area contributed by atoms with Crippen LogP contribution in [0.4, 0.5) is 0 Å². The Morgan fingerprint density at radius 3 is 1.95 bits per heavy atom. The van der Waals surface area contributed by atoms with E-state index in [1.807, 2.05) is 6.07 Å². The molecule has 0 bridgehead atoms. The highest BCUT2D eigenvalue weighted by molar-refractivity contribution is 5.94. The number of phenolic OH excluding ortho intramolecular Hbond substituents is 1. The average Bonchev–Trinajstić information content (AvgIpc) is 2.95. The van der Waals surface area contributed by atoms with Gasteiger partial charge in [-0.1, -0.05) is 30.3 Å². The van der Waals surface area contributed by atoms with Gasteiger partial charge in [0.25, 0.3) is 0 Å². The molecular weight excluding hydrogens is 566 g/mol. The van der Waals surface area contributed by atoms with Crippen molar-refractivity contribution in [1.82, 2.24) is 16.0 Å². The number of nitrogens with one attached hydrogen (secondary N) is 3. The van der Waals surface area contributed by atoms with Gasteiger partial charge in [0, 0.05) is 13.0 Å². The third-order valence-corrected chi connectivity index (χ3v) is 7.05. The van der Waals surface area contributed by atoms with Gasteiger partial charge in [0.15, 0.2) is 5.96 Å². The first-order valence-electron chi connectivity index (χ1n) is 14.4. The van der Waals surface area contributed by atoms with E-state index in [1.54, 1.807) is 50.2 Å². The van der Waals surface area contributed by atoms with E-state index in [9.17, 15) is 24.3 Å². The molecule has 14 nitrogen and oxygen atoms in total. The fourth-order valence-corrected chi connectivity index (χ4v) is 4.71. The summed E-state index contributed by atoms with van der Waals surface area (Å²) in [7, 11) is 0. The number of primary amides is 1. The van der Waals surface area contributed by atoms with E-state index in [1.165, 1.54) is 0 Å². The number of aryl methyl sites for hydroxylation is 2. The van der Waals surface area contributed by atoms with Gasteiger partial charge >= 0.3 is 0 Å². The monoisotopic (exact) mass is 611 g/mol. The minimum atomic E-state index is -1.11.